The van der Waals surface area contributed by atoms with Crippen LogP contribution in [0.1, 0.15) is 37.2 Å². The summed E-state index contributed by atoms with van der Waals surface area (Å²) in [5.74, 6) is -0.410. The lowest BCUT2D eigenvalue weighted by Gasteiger charge is -2.27. The first-order chi connectivity index (χ1) is 8.61. The number of hydrogen-bond donors (Lipinski definition) is 1. The molecule has 1 aromatic rings. The van der Waals surface area contributed by atoms with Crippen LogP contribution in [0.5, 0.6) is 5.75 Å². The zero-order chi connectivity index (χ0) is 13.1. The van der Waals surface area contributed by atoms with Crippen molar-refractivity contribution >= 4 is 5.97 Å². The smallest absolute Gasteiger partial charge is 0.306 e. The number of carboxylic acids is 1. The first kappa shape index (κ1) is 12.9. The maximum absolute atomic E-state index is 13.1. The summed E-state index contributed by atoms with van der Waals surface area (Å²) in [6.45, 7) is 0. The van der Waals surface area contributed by atoms with E-state index >= 15 is 0 Å². The summed E-state index contributed by atoms with van der Waals surface area (Å²) in [6, 6.07) is 4.57. The van der Waals surface area contributed by atoms with E-state index in [1.54, 1.807) is 6.07 Å². The summed E-state index contributed by atoms with van der Waals surface area (Å²) in [7, 11) is 1.53. The Kier molecular flexibility index (Phi) is 3.84. The van der Waals surface area contributed by atoms with Gasteiger partial charge in [-0.1, -0.05) is 6.07 Å². The molecule has 1 aliphatic carbocycles. The van der Waals surface area contributed by atoms with Gasteiger partial charge >= 0.3 is 5.97 Å². The number of halogens is 1. The zero-order valence-electron chi connectivity index (χ0n) is 10.4. The highest BCUT2D eigenvalue weighted by molar-refractivity contribution is 5.70. The van der Waals surface area contributed by atoms with E-state index in [-0.39, 0.29) is 17.7 Å². The summed E-state index contributed by atoms with van der Waals surface area (Å²) >= 11 is 0. The lowest BCUT2D eigenvalue weighted by molar-refractivity contribution is -0.142. The standard InChI is InChI=1S/C14H17FO3/c1-18-13-8-11(15)6-7-12(13)9-2-4-10(5-3-9)14(16)17/h6-10H,2-5H2,1H3,(H,16,17). The van der Waals surface area contributed by atoms with Crippen molar-refractivity contribution in [3.63, 3.8) is 0 Å². The molecule has 0 amide bonds. The second-order valence-corrected chi connectivity index (χ2v) is 4.77. The van der Waals surface area contributed by atoms with E-state index in [9.17, 15) is 9.18 Å². The molecule has 0 spiro atoms. The van der Waals surface area contributed by atoms with Crippen molar-refractivity contribution in [3.05, 3.63) is 29.6 Å². The predicted molar refractivity (Wildman–Crippen MR) is 65.3 cm³/mol. The van der Waals surface area contributed by atoms with Crippen LogP contribution in [0.15, 0.2) is 18.2 Å². The molecule has 0 bridgehead atoms. The van der Waals surface area contributed by atoms with Gasteiger partial charge in [-0.3, -0.25) is 4.79 Å². The average Bonchev–Trinajstić information content (AvgIpc) is 2.38. The maximum Gasteiger partial charge on any atom is 0.306 e. The molecular weight excluding hydrogens is 235 g/mol. The Labute approximate surface area is 106 Å². The Balaban J connectivity index is 2.12. The molecule has 0 aromatic heterocycles. The SMILES string of the molecule is COc1cc(F)ccc1C1CCC(C(=O)O)CC1. The van der Waals surface area contributed by atoms with Gasteiger partial charge in [-0.15, -0.1) is 0 Å². The van der Waals surface area contributed by atoms with E-state index in [4.69, 9.17) is 9.84 Å². The van der Waals surface area contributed by atoms with Crippen LogP contribution in [0.2, 0.25) is 0 Å². The van der Waals surface area contributed by atoms with Gasteiger partial charge in [-0.2, -0.15) is 0 Å². The van der Waals surface area contributed by atoms with E-state index in [1.807, 2.05) is 0 Å². The number of methoxy groups -OCH3 is 1. The van der Waals surface area contributed by atoms with E-state index < -0.39 is 5.97 Å². The molecule has 1 fully saturated rings. The largest absolute Gasteiger partial charge is 0.496 e. The number of rotatable bonds is 3. The van der Waals surface area contributed by atoms with Crippen molar-refractivity contribution in [1.29, 1.82) is 0 Å². The highest BCUT2D eigenvalue weighted by Gasteiger charge is 2.28. The molecule has 1 aromatic carbocycles. The fraction of sp³-hybridized carbons (Fsp3) is 0.500. The minimum Gasteiger partial charge on any atom is -0.496 e. The molecule has 2 rings (SSSR count). The fourth-order valence-electron chi connectivity index (χ4n) is 2.67. The summed E-state index contributed by atoms with van der Waals surface area (Å²) < 4.78 is 18.3. The van der Waals surface area contributed by atoms with Crippen molar-refractivity contribution in [2.45, 2.75) is 31.6 Å². The molecule has 0 heterocycles. The summed E-state index contributed by atoms with van der Waals surface area (Å²) in [5, 5.41) is 8.96. The van der Waals surface area contributed by atoms with E-state index in [0.29, 0.717) is 18.6 Å². The highest BCUT2D eigenvalue weighted by atomic mass is 19.1. The van der Waals surface area contributed by atoms with Gasteiger partial charge in [0.25, 0.3) is 0 Å². The van der Waals surface area contributed by atoms with E-state index in [1.165, 1.54) is 19.2 Å². The van der Waals surface area contributed by atoms with Gasteiger partial charge < -0.3 is 9.84 Å². The normalized spacial score (nSPS) is 23.7. The molecular formula is C14H17FO3. The van der Waals surface area contributed by atoms with Gasteiger partial charge in [-0.05, 0) is 43.2 Å². The monoisotopic (exact) mass is 252 g/mol. The topological polar surface area (TPSA) is 46.5 Å². The van der Waals surface area contributed by atoms with Crippen LogP contribution in [0.4, 0.5) is 4.39 Å². The molecule has 1 aliphatic rings. The average molecular weight is 252 g/mol. The van der Waals surface area contributed by atoms with Crippen LogP contribution >= 0.6 is 0 Å². The van der Waals surface area contributed by atoms with Crippen molar-refractivity contribution in [3.8, 4) is 5.75 Å². The van der Waals surface area contributed by atoms with E-state index in [2.05, 4.69) is 0 Å². The van der Waals surface area contributed by atoms with Gasteiger partial charge in [0.2, 0.25) is 0 Å². The third-order valence-corrected chi connectivity index (χ3v) is 3.71. The zero-order valence-corrected chi connectivity index (χ0v) is 10.4. The lowest BCUT2D eigenvalue weighted by atomic mass is 9.78. The van der Waals surface area contributed by atoms with Gasteiger partial charge in [0.1, 0.15) is 11.6 Å². The van der Waals surface area contributed by atoms with Crippen LogP contribution in [-0.4, -0.2) is 18.2 Å². The van der Waals surface area contributed by atoms with Gasteiger partial charge in [0.15, 0.2) is 0 Å². The number of carbonyl (C=O) groups is 1. The van der Waals surface area contributed by atoms with E-state index in [0.717, 1.165) is 18.4 Å². The Bertz CT molecular complexity index is 437. The van der Waals surface area contributed by atoms with Gasteiger partial charge in [-0.25, -0.2) is 4.39 Å². The predicted octanol–water partition coefficient (Wildman–Crippen LogP) is 3.19. The molecule has 0 saturated heterocycles. The number of hydrogen-bond acceptors (Lipinski definition) is 2. The number of benzene rings is 1. The van der Waals surface area contributed by atoms with Crippen molar-refractivity contribution in [1.82, 2.24) is 0 Å². The minimum atomic E-state index is -0.709. The summed E-state index contributed by atoms with van der Waals surface area (Å²) in [6.07, 6.45) is 3.00. The highest BCUT2D eigenvalue weighted by Crippen LogP contribution is 2.39. The number of carboxylic acid groups (broad SMARTS) is 1. The lowest BCUT2D eigenvalue weighted by Crippen LogP contribution is -2.20. The Morgan fingerprint density at radius 2 is 2.00 bits per heavy atom. The van der Waals surface area contributed by atoms with Gasteiger partial charge in [0, 0.05) is 6.07 Å². The van der Waals surface area contributed by atoms with Crippen molar-refractivity contribution in [2.75, 3.05) is 7.11 Å². The molecule has 1 saturated carbocycles. The molecule has 98 valence electrons. The number of aliphatic carboxylic acids is 1. The Morgan fingerprint density at radius 3 is 2.56 bits per heavy atom. The molecule has 18 heavy (non-hydrogen) atoms. The Morgan fingerprint density at radius 1 is 1.33 bits per heavy atom. The molecule has 4 heteroatoms. The van der Waals surface area contributed by atoms with Crippen LogP contribution in [0, 0.1) is 11.7 Å². The Hall–Kier alpha value is -1.58. The van der Waals surface area contributed by atoms with Crippen LogP contribution in [0.25, 0.3) is 0 Å². The maximum atomic E-state index is 13.1. The first-order valence-corrected chi connectivity index (χ1v) is 6.18. The molecule has 0 atom stereocenters. The second kappa shape index (κ2) is 5.38. The van der Waals surface area contributed by atoms with Crippen molar-refractivity contribution in [2.24, 2.45) is 5.92 Å². The third kappa shape index (κ3) is 2.63. The van der Waals surface area contributed by atoms with Crippen LogP contribution in [0.3, 0.4) is 0 Å². The van der Waals surface area contributed by atoms with Crippen LogP contribution in [-0.2, 0) is 4.79 Å². The summed E-state index contributed by atoms with van der Waals surface area (Å²) in [5.41, 5.74) is 0.989. The molecule has 3 nitrogen and oxygen atoms in total. The molecule has 0 radical (unpaired) electrons. The fourth-order valence-corrected chi connectivity index (χ4v) is 2.67. The molecule has 0 unspecified atom stereocenters. The molecule has 1 N–H and O–H groups in total. The number of ether oxygens (including phenoxy) is 1. The van der Waals surface area contributed by atoms with Crippen molar-refractivity contribution < 1.29 is 19.0 Å². The van der Waals surface area contributed by atoms with Gasteiger partial charge in [0.05, 0.1) is 13.0 Å². The second-order valence-electron chi connectivity index (χ2n) is 4.77. The third-order valence-electron chi connectivity index (χ3n) is 3.71. The molecule has 0 aliphatic heterocycles. The van der Waals surface area contributed by atoms with Crippen LogP contribution < -0.4 is 4.74 Å². The first-order valence-electron chi connectivity index (χ1n) is 6.18. The quantitative estimate of drug-likeness (QED) is 0.898. The summed E-state index contributed by atoms with van der Waals surface area (Å²) in [4.78, 5) is 10.9. The minimum absolute atomic E-state index is 0.229.